The van der Waals surface area contributed by atoms with E-state index in [9.17, 15) is 5.26 Å². The topological polar surface area (TPSA) is 65.3 Å². The average molecular weight is 321 g/mol. The molecular weight excluding hydrogens is 302 g/mol. The highest BCUT2D eigenvalue weighted by molar-refractivity contribution is 5.51. The van der Waals surface area contributed by atoms with Gasteiger partial charge in [-0.15, -0.1) is 0 Å². The van der Waals surface area contributed by atoms with Gasteiger partial charge >= 0.3 is 0 Å². The minimum Gasteiger partial charge on any atom is -0.373 e. The standard InChI is InChI=1S/C18H19N5O/c19-10-15-18(21-7-6-20-15)23-12-16-17(13-23)24-9-8-22(16)11-14-4-2-1-3-5-14/h1-7,16-17H,8-9,11-13H2/t16-,17-/m1/s1. The number of anilines is 1. The number of hydrogen-bond donors (Lipinski definition) is 0. The Labute approximate surface area is 141 Å². The number of aromatic nitrogens is 2. The average Bonchev–Trinajstić information content (AvgIpc) is 3.08. The van der Waals surface area contributed by atoms with Crippen molar-refractivity contribution in [1.82, 2.24) is 14.9 Å². The maximum Gasteiger partial charge on any atom is 0.183 e. The van der Waals surface area contributed by atoms with Gasteiger partial charge in [0.1, 0.15) is 6.07 Å². The Bertz CT molecular complexity index is 745. The van der Waals surface area contributed by atoms with Crippen molar-refractivity contribution in [3.63, 3.8) is 0 Å². The quantitative estimate of drug-likeness (QED) is 0.852. The van der Waals surface area contributed by atoms with Crippen molar-refractivity contribution in [3.8, 4) is 6.07 Å². The van der Waals surface area contributed by atoms with Crippen molar-refractivity contribution in [3.05, 3.63) is 54.0 Å². The predicted molar refractivity (Wildman–Crippen MR) is 89.3 cm³/mol. The number of nitriles is 1. The maximum atomic E-state index is 9.26. The van der Waals surface area contributed by atoms with Crippen LogP contribution < -0.4 is 4.90 Å². The normalized spacial score (nSPS) is 23.7. The van der Waals surface area contributed by atoms with E-state index in [4.69, 9.17) is 4.74 Å². The van der Waals surface area contributed by atoms with E-state index in [1.807, 2.05) is 6.07 Å². The molecule has 4 rings (SSSR count). The van der Waals surface area contributed by atoms with Gasteiger partial charge in [0, 0.05) is 38.6 Å². The van der Waals surface area contributed by atoms with E-state index < -0.39 is 0 Å². The summed E-state index contributed by atoms with van der Waals surface area (Å²) in [5, 5.41) is 9.26. The zero-order valence-electron chi connectivity index (χ0n) is 13.4. The summed E-state index contributed by atoms with van der Waals surface area (Å²) in [6.07, 6.45) is 3.35. The molecule has 0 N–H and O–H groups in total. The fraction of sp³-hybridized carbons (Fsp3) is 0.389. The Morgan fingerprint density at radius 3 is 2.83 bits per heavy atom. The predicted octanol–water partition coefficient (Wildman–Crippen LogP) is 1.44. The number of fused-ring (bicyclic) bond motifs is 1. The van der Waals surface area contributed by atoms with Crippen molar-refractivity contribution < 1.29 is 4.74 Å². The first-order valence-electron chi connectivity index (χ1n) is 8.21. The summed E-state index contributed by atoms with van der Waals surface area (Å²) in [7, 11) is 0. The Morgan fingerprint density at radius 1 is 1.17 bits per heavy atom. The van der Waals surface area contributed by atoms with Crippen molar-refractivity contribution in [2.45, 2.75) is 18.7 Å². The molecule has 0 unspecified atom stereocenters. The van der Waals surface area contributed by atoms with Gasteiger partial charge in [0.15, 0.2) is 11.5 Å². The maximum absolute atomic E-state index is 9.26. The van der Waals surface area contributed by atoms with Gasteiger partial charge in [-0.2, -0.15) is 5.26 Å². The van der Waals surface area contributed by atoms with Crippen LogP contribution in [0.25, 0.3) is 0 Å². The molecule has 2 aliphatic heterocycles. The van der Waals surface area contributed by atoms with Gasteiger partial charge in [-0.3, -0.25) is 4.90 Å². The van der Waals surface area contributed by atoms with Crippen LogP contribution in [-0.2, 0) is 11.3 Å². The van der Waals surface area contributed by atoms with Crippen molar-refractivity contribution in [2.24, 2.45) is 0 Å². The van der Waals surface area contributed by atoms with Crippen LogP contribution in [-0.4, -0.2) is 53.3 Å². The van der Waals surface area contributed by atoms with E-state index >= 15 is 0 Å². The molecule has 6 nitrogen and oxygen atoms in total. The van der Waals surface area contributed by atoms with Crippen LogP contribution in [0.3, 0.4) is 0 Å². The Balaban J connectivity index is 1.53. The molecule has 0 amide bonds. The van der Waals surface area contributed by atoms with Crippen LogP contribution in [0.2, 0.25) is 0 Å². The first kappa shape index (κ1) is 15.1. The minimum atomic E-state index is 0.149. The molecule has 0 aliphatic carbocycles. The van der Waals surface area contributed by atoms with E-state index in [0.717, 1.165) is 32.8 Å². The molecule has 3 heterocycles. The molecule has 2 aliphatic rings. The summed E-state index contributed by atoms with van der Waals surface area (Å²) in [5.74, 6) is 0.665. The summed E-state index contributed by atoms with van der Waals surface area (Å²) in [5.41, 5.74) is 1.69. The van der Waals surface area contributed by atoms with E-state index in [0.29, 0.717) is 17.6 Å². The number of benzene rings is 1. The molecule has 0 bridgehead atoms. The third-order valence-corrected chi connectivity index (χ3v) is 4.73. The van der Waals surface area contributed by atoms with Crippen LogP contribution in [0.4, 0.5) is 5.82 Å². The van der Waals surface area contributed by atoms with Gasteiger partial charge in [-0.25, -0.2) is 9.97 Å². The van der Waals surface area contributed by atoms with Crippen molar-refractivity contribution in [2.75, 3.05) is 31.1 Å². The molecule has 2 saturated heterocycles. The summed E-state index contributed by atoms with van der Waals surface area (Å²) >= 11 is 0. The number of rotatable bonds is 3. The highest BCUT2D eigenvalue weighted by Gasteiger charge is 2.41. The minimum absolute atomic E-state index is 0.149. The smallest absolute Gasteiger partial charge is 0.183 e. The van der Waals surface area contributed by atoms with Gasteiger partial charge in [0.05, 0.1) is 18.8 Å². The van der Waals surface area contributed by atoms with Crippen LogP contribution in [0, 0.1) is 11.3 Å². The molecule has 0 radical (unpaired) electrons. The largest absolute Gasteiger partial charge is 0.373 e. The van der Waals surface area contributed by atoms with Crippen LogP contribution in [0.5, 0.6) is 0 Å². The third kappa shape index (κ3) is 2.84. The highest BCUT2D eigenvalue weighted by Crippen LogP contribution is 2.28. The molecule has 2 fully saturated rings. The van der Waals surface area contributed by atoms with Gasteiger partial charge in [-0.1, -0.05) is 30.3 Å². The van der Waals surface area contributed by atoms with Crippen molar-refractivity contribution in [1.29, 1.82) is 5.26 Å². The fourth-order valence-corrected chi connectivity index (χ4v) is 3.59. The van der Waals surface area contributed by atoms with Gasteiger partial charge in [-0.05, 0) is 5.56 Å². The zero-order valence-corrected chi connectivity index (χ0v) is 13.4. The summed E-state index contributed by atoms with van der Waals surface area (Å²) in [6.45, 7) is 4.15. The zero-order chi connectivity index (χ0) is 16.4. The molecule has 6 heteroatoms. The second kappa shape index (κ2) is 6.56. The molecule has 2 aromatic rings. The SMILES string of the molecule is N#Cc1nccnc1N1C[C@@H]2[C@@H](C1)OCCN2Cc1ccccc1. The third-order valence-electron chi connectivity index (χ3n) is 4.73. The lowest BCUT2D eigenvalue weighted by atomic mass is 10.1. The second-order valence-corrected chi connectivity index (χ2v) is 6.18. The van der Waals surface area contributed by atoms with E-state index in [1.165, 1.54) is 5.56 Å². The number of morpholine rings is 1. The van der Waals surface area contributed by atoms with Gasteiger partial charge in [0.25, 0.3) is 0 Å². The molecule has 0 spiro atoms. The lowest BCUT2D eigenvalue weighted by molar-refractivity contribution is -0.0499. The molecule has 1 aromatic carbocycles. The van der Waals surface area contributed by atoms with E-state index in [-0.39, 0.29) is 6.10 Å². The van der Waals surface area contributed by atoms with Crippen LogP contribution in [0.1, 0.15) is 11.3 Å². The number of nitrogens with zero attached hydrogens (tertiary/aromatic N) is 5. The first-order valence-corrected chi connectivity index (χ1v) is 8.21. The van der Waals surface area contributed by atoms with Crippen LogP contribution in [0.15, 0.2) is 42.7 Å². The lowest BCUT2D eigenvalue weighted by Gasteiger charge is -2.36. The molecule has 2 atom stereocenters. The monoisotopic (exact) mass is 321 g/mol. The highest BCUT2D eigenvalue weighted by atomic mass is 16.5. The molecular formula is C18H19N5O. The number of ether oxygens (including phenoxy) is 1. The summed E-state index contributed by atoms with van der Waals surface area (Å²) in [4.78, 5) is 13.1. The van der Waals surface area contributed by atoms with Crippen LogP contribution >= 0.6 is 0 Å². The summed E-state index contributed by atoms with van der Waals surface area (Å²) in [6, 6.07) is 13.0. The van der Waals surface area contributed by atoms with E-state index in [2.05, 4.69) is 50.1 Å². The molecule has 0 saturated carbocycles. The molecule has 122 valence electrons. The Kier molecular flexibility index (Phi) is 4.11. The van der Waals surface area contributed by atoms with Crippen molar-refractivity contribution >= 4 is 5.82 Å². The Hall–Kier alpha value is -2.49. The van der Waals surface area contributed by atoms with E-state index in [1.54, 1.807) is 12.4 Å². The lowest BCUT2D eigenvalue weighted by Crippen LogP contribution is -2.50. The summed E-state index contributed by atoms with van der Waals surface area (Å²) < 4.78 is 5.98. The molecule has 24 heavy (non-hydrogen) atoms. The number of hydrogen-bond acceptors (Lipinski definition) is 6. The first-order chi connectivity index (χ1) is 11.8. The Morgan fingerprint density at radius 2 is 2.00 bits per heavy atom. The second-order valence-electron chi connectivity index (χ2n) is 6.18. The van der Waals surface area contributed by atoms with Gasteiger partial charge in [0.2, 0.25) is 0 Å². The fourth-order valence-electron chi connectivity index (χ4n) is 3.59. The molecule has 1 aromatic heterocycles. The van der Waals surface area contributed by atoms with Gasteiger partial charge < -0.3 is 9.64 Å².